The highest BCUT2D eigenvalue weighted by molar-refractivity contribution is 9.10. The van der Waals surface area contributed by atoms with Crippen LogP contribution in [0.2, 0.25) is 0 Å². The predicted molar refractivity (Wildman–Crippen MR) is 51.9 cm³/mol. The van der Waals surface area contributed by atoms with Crippen LogP contribution >= 0.6 is 15.9 Å². The molecule has 0 aliphatic carbocycles. The van der Waals surface area contributed by atoms with Crippen LogP contribution in [0.3, 0.4) is 0 Å². The second-order valence-electron chi connectivity index (χ2n) is 2.39. The zero-order chi connectivity index (χ0) is 10.9. The number of rotatable bonds is 2. The molecule has 14 heavy (non-hydrogen) atoms. The van der Waals surface area contributed by atoms with E-state index in [9.17, 15) is 20.2 Å². The maximum atomic E-state index is 10.4. The molecule has 1 aromatic rings. The Labute approximate surface area is 85.9 Å². The van der Waals surface area contributed by atoms with Crippen LogP contribution in [-0.2, 0) is 0 Å². The molecule has 0 bridgehead atoms. The van der Waals surface area contributed by atoms with Gasteiger partial charge in [-0.25, -0.2) is 0 Å². The maximum Gasteiger partial charge on any atom is 0.292 e. The van der Waals surface area contributed by atoms with Gasteiger partial charge in [0.05, 0.1) is 9.85 Å². The van der Waals surface area contributed by atoms with Gasteiger partial charge in [0, 0.05) is 17.8 Å². The molecule has 8 heteroatoms. The van der Waals surface area contributed by atoms with Gasteiger partial charge in [-0.1, -0.05) is 0 Å². The van der Waals surface area contributed by atoms with Crippen molar-refractivity contribution in [3.8, 4) is 0 Å². The number of nitro groups is 2. The summed E-state index contributed by atoms with van der Waals surface area (Å²) in [5, 5.41) is 20.9. The number of benzene rings is 1. The topological polar surface area (TPSA) is 112 Å². The minimum Gasteiger partial charge on any atom is -0.398 e. The zero-order valence-electron chi connectivity index (χ0n) is 6.64. The quantitative estimate of drug-likeness (QED) is 0.496. The van der Waals surface area contributed by atoms with Crippen LogP contribution in [0.1, 0.15) is 0 Å². The lowest BCUT2D eigenvalue weighted by Gasteiger charge is -1.98. The molecule has 2 N–H and O–H groups in total. The van der Waals surface area contributed by atoms with E-state index in [1.54, 1.807) is 0 Å². The van der Waals surface area contributed by atoms with Gasteiger partial charge in [-0.2, -0.15) is 0 Å². The first-order valence-electron chi connectivity index (χ1n) is 3.31. The van der Waals surface area contributed by atoms with Crippen molar-refractivity contribution < 1.29 is 9.85 Å². The van der Waals surface area contributed by atoms with Crippen LogP contribution in [0.4, 0.5) is 17.1 Å². The van der Waals surface area contributed by atoms with Crippen molar-refractivity contribution in [3.05, 3.63) is 36.8 Å². The Kier molecular flexibility index (Phi) is 2.65. The van der Waals surface area contributed by atoms with E-state index < -0.39 is 21.2 Å². The molecule has 1 rings (SSSR count). The van der Waals surface area contributed by atoms with E-state index in [1.165, 1.54) is 0 Å². The Morgan fingerprint density at radius 1 is 1.14 bits per heavy atom. The largest absolute Gasteiger partial charge is 0.398 e. The Morgan fingerprint density at radius 2 is 1.50 bits per heavy atom. The van der Waals surface area contributed by atoms with Crippen LogP contribution in [-0.4, -0.2) is 9.85 Å². The summed E-state index contributed by atoms with van der Waals surface area (Å²) >= 11 is 2.78. The van der Waals surface area contributed by atoms with Crippen molar-refractivity contribution in [1.29, 1.82) is 0 Å². The molecule has 1 aromatic carbocycles. The van der Waals surface area contributed by atoms with Crippen LogP contribution < -0.4 is 5.73 Å². The van der Waals surface area contributed by atoms with E-state index in [2.05, 4.69) is 15.9 Å². The molecule has 0 radical (unpaired) electrons. The van der Waals surface area contributed by atoms with Gasteiger partial charge in [-0.05, 0) is 15.9 Å². The minimum absolute atomic E-state index is 0.0217. The molecule has 0 atom stereocenters. The number of nitro benzene ring substituents is 2. The molecule has 0 amide bonds. The lowest BCUT2D eigenvalue weighted by Crippen LogP contribution is -1.97. The van der Waals surface area contributed by atoms with Crippen molar-refractivity contribution in [2.75, 3.05) is 5.73 Å². The van der Waals surface area contributed by atoms with E-state index in [-0.39, 0.29) is 10.2 Å². The molecular formula is C6H4BrN3O4. The fraction of sp³-hybridized carbons (Fsp3) is 0. The van der Waals surface area contributed by atoms with Gasteiger partial charge in [-0.15, -0.1) is 0 Å². The monoisotopic (exact) mass is 261 g/mol. The lowest BCUT2D eigenvalue weighted by molar-refractivity contribution is -0.395. The molecule has 0 heterocycles. The average molecular weight is 262 g/mol. The van der Waals surface area contributed by atoms with Crippen LogP contribution in [0.25, 0.3) is 0 Å². The van der Waals surface area contributed by atoms with Crippen molar-refractivity contribution in [2.45, 2.75) is 0 Å². The normalized spacial score (nSPS) is 9.79. The smallest absolute Gasteiger partial charge is 0.292 e. The Hall–Kier alpha value is -1.70. The predicted octanol–water partition coefficient (Wildman–Crippen LogP) is 1.85. The highest BCUT2D eigenvalue weighted by Crippen LogP contribution is 2.35. The Balaban J connectivity index is 3.47. The van der Waals surface area contributed by atoms with E-state index >= 15 is 0 Å². The summed E-state index contributed by atoms with van der Waals surface area (Å²) < 4.78 is -0.179. The maximum absolute atomic E-state index is 10.4. The zero-order valence-corrected chi connectivity index (χ0v) is 8.22. The third-order valence-electron chi connectivity index (χ3n) is 1.45. The van der Waals surface area contributed by atoms with Gasteiger partial charge in [-0.3, -0.25) is 20.2 Å². The molecule has 0 saturated carbocycles. The van der Waals surface area contributed by atoms with E-state index in [0.717, 1.165) is 12.1 Å². The van der Waals surface area contributed by atoms with Gasteiger partial charge in [0.15, 0.2) is 4.47 Å². The molecule has 7 nitrogen and oxygen atoms in total. The molecule has 0 saturated heterocycles. The highest BCUT2D eigenvalue weighted by Gasteiger charge is 2.23. The minimum atomic E-state index is -0.743. The molecule has 0 aromatic heterocycles. The summed E-state index contributed by atoms with van der Waals surface area (Å²) in [5.74, 6) is 0. The first-order valence-corrected chi connectivity index (χ1v) is 4.10. The number of hydrogen-bond donors (Lipinski definition) is 1. The summed E-state index contributed by atoms with van der Waals surface area (Å²) in [7, 11) is 0. The number of nitrogen functional groups attached to an aromatic ring is 1. The van der Waals surface area contributed by atoms with Gasteiger partial charge >= 0.3 is 0 Å². The summed E-state index contributed by atoms with van der Waals surface area (Å²) in [6.45, 7) is 0. The Morgan fingerprint density at radius 3 is 1.79 bits per heavy atom. The summed E-state index contributed by atoms with van der Waals surface area (Å²) in [4.78, 5) is 19.4. The third kappa shape index (κ3) is 1.79. The molecular weight excluding hydrogens is 258 g/mol. The number of hydrogen-bond acceptors (Lipinski definition) is 5. The van der Waals surface area contributed by atoms with Crippen molar-refractivity contribution >= 4 is 33.0 Å². The van der Waals surface area contributed by atoms with Crippen molar-refractivity contribution in [1.82, 2.24) is 0 Å². The van der Waals surface area contributed by atoms with Crippen LogP contribution in [0.5, 0.6) is 0 Å². The second-order valence-corrected chi connectivity index (χ2v) is 3.18. The first-order chi connectivity index (χ1) is 6.43. The van der Waals surface area contributed by atoms with Crippen LogP contribution in [0.15, 0.2) is 16.6 Å². The summed E-state index contributed by atoms with van der Waals surface area (Å²) in [6.07, 6.45) is 0. The van der Waals surface area contributed by atoms with Gasteiger partial charge < -0.3 is 5.73 Å². The van der Waals surface area contributed by atoms with E-state index in [1.807, 2.05) is 0 Å². The summed E-state index contributed by atoms with van der Waals surface area (Å²) in [5.41, 5.74) is 4.41. The molecule has 0 aliphatic heterocycles. The molecule has 0 aliphatic rings. The SMILES string of the molecule is Nc1cc([N+](=O)[O-])c(Br)c([N+](=O)[O-])c1. The summed E-state index contributed by atoms with van der Waals surface area (Å²) in [6, 6.07) is 2.11. The fourth-order valence-corrected chi connectivity index (χ4v) is 1.40. The highest BCUT2D eigenvalue weighted by atomic mass is 79.9. The number of nitrogens with zero attached hydrogens (tertiary/aromatic N) is 2. The van der Waals surface area contributed by atoms with Crippen molar-refractivity contribution in [3.63, 3.8) is 0 Å². The van der Waals surface area contributed by atoms with Gasteiger partial charge in [0.25, 0.3) is 11.4 Å². The van der Waals surface area contributed by atoms with Crippen LogP contribution in [0, 0.1) is 20.2 Å². The molecule has 0 unspecified atom stereocenters. The standard InChI is InChI=1S/C6H4BrN3O4/c7-6-4(9(11)12)1-3(8)2-5(6)10(13)14/h1-2H,8H2. The fourth-order valence-electron chi connectivity index (χ4n) is 0.881. The van der Waals surface area contributed by atoms with Gasteiger partial charge in [0.1, 0.15) is 0 Å². The molecule has 74 valence electrons. The molecule has 0 fully saturated rings. The Bertz CT molecular complexity index is 385. The number of halogens is 1. The number of nitrogens with two attached hydrogens (primary N) is 1. The first kappa shape index (κ1) is 10.4. The molecule has 0 spiro atoms. The second kappa shape index (κ2) is 3.58. The average Bonchev–Trinajstić information content (AvgIpc) is 2.07. The lowest BCUT2D eigenvalue weighted by atomic mass is 10.2. The third-order valence-corrected chi connectivity index (χ3v) is 2.26. The van der Waals surface area contributed by atoms with Crippen molar-refractivity contribution in [2.24, 2.45) is 0 Å². The number of anilines is 1. The van der Waals surface area contributed by atoms with Gasteiger partial charge in [0.2, 0.25) is 0 Å². The van der Waals surface area contributed by atoms with E-state index in [0.29, 0.717) is 0 Å². The van der Waals surface area contributed by atoms with E-state index in [4.69, 9.17) is 5.73 Å².